The van der Waals surface area contributed by atoms with E-state index in [-0.39, 0.29) is 18.4 Å². The lowest BCUT2D eigenvalue weighted by atomic mass is 10.1. The van der Waals surface area contributed by atoms with Crippen LogP contribution in [0.1, 0.15) is 27.2 Å². The Hall–Kier alpha value is -1.59. The minimum Gasteiger partial charge on any atom is -0.342 e. The number of amides is 3. The highest BCUT2D eigenvalue weighted by molar-refractivity contribution is 5.84. The molecule has 0 spiro atoms. The highest BCUT2D eigenvalue weighted by atomic mass is 16.2. The van der Waals surface area contributed by atoms with E-state index < -0.39 is 0 Å². The molecule has 20 heavy (non-hydrogen) atoms. The molecule has 0 aromatic carbocycles. The molecule has 1 saturated heterocycles. The molecule has 1 aliphatic heterocycles. The second-order valence-corrected chi connectivity index (χ2v) is 5.65. The maximum atomic E-state index is 12.2. The average molecular weight is 283 g/mol. The monoisotopic (exact) mass is 283 g/mol. The fourth-order valence-corrected chi connectivity index (χ4v) is 2.10. The van der Waals surface area contributed by atoms with Gasteiger partial charge in [-0.05, 0) is 12.3 Å². The van der Waals surface area contributed by atoms with Crippen molar-refractivity contribution >= 4 is 18.2 Å². The fraction of sp³-hybridized carbons (Fsp3) is 0.786. The first-order chi connectivity index (χ1) is 9.43. The lowest BCUT2D eigenvalue weighted by Gasteiger charge is -2.34. The summed E-state index contributed by atoms with van der Waals surface area (Å²) < 4.78 is 0. The summed E-state index contributed by atoms with van der Waals surface area (Å²) in [5.74, 6) is 0.406. The van der Waals surface area contributed by atoms with E-state index in [1.807, 2.05) is 0 Å². The SMILES string of the molecule is CC(=O)N(CCC(C)C)CC(=O)N1CCN(C=O)CC1. The number of hydrogen-bond donors (Lipinski definition) is 0. The summed E-state index contributed by atoms with van der Waals surface area (Å²) in [6.07, 6.45) is 1.71. The maximum Gasteiger partial charge on any atom is 0.242 e. The molecule has 0 radical (unpaired) electrons. The zero-order valence-corrected chi connectivity index (χ0v) is 12.7. The molecule has 1 heterocycles. The van der Waals surface area contributed by atoms with Crippen LogP contribution in [0.15, 0.2) is 0 Å². The molecule has 6 heteroatoms. The van der Waals surface area contributed by atoms with Crippen molar-refractivity contribution < 1.29 is 14.4 Å². The maximum absolute atomic E-state index is 12.2. The van der Waals surface area contributed by atoms with E-state index >= 15 is 0 Å². The van der Waals surface area contributed by atoms with Crippen LogP contribution in [-0.4, -0.2) is 72.2 Å². The molecule has 0 bridgehead atoms. The van der Waals surface area contributed by atoms with Crippen molar-refractivity contribution in [3.05, 3.63) is 0 Å². The molecule has 0 N–H and O–H groups in total. The molecule has 0 unspecified atom stereocenters. The van der Waals surface area contributed by atoms with Gasteiger partial charge in [0.2, 0.25) is 18.2 Å². The zero-order valence-electron chi connectivity index (χ0n) is 12.7. The number of carbonyl (C=O) groups is 3. The zero-order chi connectivity index (χ0) is 15.1. The van der Waals surface area contributed by atoms with E-state index in [0.29, 0.717) is 38.6 Å². The summed E-state index contributed by atoms with van der Waals surface area (Å²) >= 11 is 0. The largest absolute Gasteiger partial charge is 0.342 e. The van der Waals surface area contributed by atoms with Gasteiger partial charge in [-0.3, -0.25) is 14.4 Å². The third-order valence-electron chi connectivity index (χ3n) is 3.56. The predicted octanol–water partition coefficient (Wildman–Crippen LogP) is 0.182. The highest BCUT2D eigenvalue weighted by Crippen LogP contribution is 2.05. The fourth-order valence-electron chi connectivity index (χ4n) is 2.10. The van der Waals surface area contributed by atoms with Crippen molar-refractivity contribution in [2.24, 2.45) is 5.92 Å². The van der Waals surface area contributed by atoms with Gasteiger partial charge in [-0.15, -0.1) is 0 Å². The van der Waals surface area contributed by atoms with Gasteiger partial charge >= 0.3 is 0 Å². The van der Waals surface area contributed by atoms with Crippen LogP contribution < -0.4 is 0 Å². The van der Waals surface area contributed by atoms with Gasteiger partial charge in [0.15, 0.2) is 0 Å². The molecule has 3 amide bonds. The van der Waals surface area contributed by atoms with Crippen LogP contribution in [0.5, 0.6) is 0 Å². The molecule has 1 fully saturated rings. The van der Waals surface area contributed by atoms with Gasteiger partial charge in [-0.1, -0.05) is 13.8 Å². The van der Waals surface area contributed by atoms with Crippen LogP contribution in [0.25, 0.3) is 0 Å². The summed E-state index contributed by atoms with van der Waals surface area (Å²) in [6, 6.07) is 0. The van der Waals surface area contributed by atoms with Crippen molar-refractivity contribution in [2.75, 3.05) is 39.3 Å². The molecule has 0 aliphatic carbocycles. The lowest BCUT2D eigenvalue weighted by molar-refractivity contribution is -0.141. The van der Waals surface area contributed by atoms with Crippen molar-refractivity contribution in [2.45, 2.75) is 27.2 Å². The Morgan fingerprint density at radius 3 is 2.25 bits per heavy atom. The van der Waals surface area contributed by atoms with Crippen LogP contribution in [0.3, 0.4) is 0 Å². The van der Waals surface area contributed by atoms with E-state index in [1.54, 1.807) is 14.7 Å². The quantitative estimate of drug-likeness (QED) is 0.653. The molecule has 114 valence electrons. The number of nitrogens with zero attached hydrogens (tertiary/aromatic N) is 3. The van der Waals surface area contributed by atoms with E-state index in [0.717, 1.165) is 12.8 Å². The molecule has 0 saturated carbocycles. The molecule has 1 aliphatic rings. The first-order valence-electron chi connectivity index (χ1n) is 7.16. The molecular weight excluding hydrogens is 258 g/mol. The van der Waals surface area contributed by atoms with Gasteiger partial charge < -0.3 is 14.7 Å². The van der Waals surface area contributed by atoms with Gasteiger partial charge in [-0.25, -0.2) is 0 Å². The lowest BCUT2D eigenvalue weighted by Crippen LogP contribution is -2.51. The first kappa shape index (κ1) is 16.5. The third-order valence-corrected chi connectivity index (χ3v) is 3.56. The smallest absolute Gasteiger partial charge is 0.242 e. The number of piperazine rings is 1. The Kier molecular flexibility index (Phi) is 6.48. The Labute approximate surface area is 120 Å². The second-order valence-electron chi connectivity index (χ2n) is 5.65. The minimum absolute atomic E-state index is 0.0329. The Balaban J connectivity index is 2.45. The van der Waals surface area contributed by atoms with E-state index in [4.69, 9.17) is 0 Å². The number of hydrogen-bond acceptors (Lipinski definition) is 3. The van der Waals surface area contributed by atoms with Crippen molar-refractivity contribution in [3.8, 4) is 0 Å². The molecule has 6 nitrogen and oxygen atoms in total. The summed E-state index contributed by atoms with van der Waals surface area (Å²) in [6.45, 7) is 8.69. The van der Waals surface area contributed by atoms with Crippen molar-refractivity contribution in [1.82, 2.24) is 14.7 Å². The van der Waals surface area contributed by atoms with Crippen molar-refractivity contribution in [1.29, 1.82) is 0 Å². The molecule has 0 aromatic rings. The van der Waals surface area contributed by atoms with Gasteiger partial charge in [0.25, 0.3) is 0 Å². The van der Waals surface area contributed by atoms with Crippen molar-refractivity contribution in [3.63, 3.8) is 0 Å². The second kappa shape index (κ2) is 7.87. The topological polar surface area (TPSA) is 60.9 Å². The van der Waals surface area contributed by atoms with Crippen LogP contribution in [0.2, 0.25) is 0 Å². The average Bonchev–Trinajstić information content (AvgIpc) is 2.42. The normalized spacial score (nSPS) is 15.4. The Bertz CT molecular complexity index is 350. The summed E-state index contributed by atoms with van der Waals surface area (Å²) in [4.78, 5) is 39.4. The standard InChI is InChI=1S/C14H25N3O3/c1-12(2)4-5-17(13(3)19)10-14(20)16-8-6-15(11-18)7-9-16/h11-12H,4-10H2,1-3H3. The summed E-state index contributed by atoms with van der Waals surface area (Å²) in [7, 11) is 0. The van der Waals surface area contributed by atoms with E-state index in [1.165, 1.54) is 6.92 Å². The molecule has 0 atom stereocenters. The third kappa shape index (κ3) is 5.19. The minimum atomic E-state index is -0.0643. The number of rotatable bonds is 6. The van der Waals surface area contributed by atoms with E-state index in [2.05, 4.69) is 13.8 Å². The van der Waals surface area contributed by atoms with Crippen LogP contribution >= 0.6 is 0 Å². The molecule has 0 aromatic heterocycles. The summed E-state index contributed by atoms with van der Waals surface area (Å²) in [5.41, 5.74) is 0. The summed E-state index contributed by atoms with van der Waals surface area (Å²) in [5, 5.41) is 0. The highest BCUT2D eigenvalue weighted by Gasteiger charge is 2.22. The van der Waals surface area contributed by atoms with Crippen LogP contribution in [-0.2, 0) is 14.4 Å². The Morgan fingerprint density at radius 1 is 1.20 bits per heavy atom. The van der Waals surface area contributed by atoms with Gasteiger partial charge in [-0.2, -0.15) is 0 Å². The predicted molar refractivity (Wildman–Crippen MR) is 75.9 cm³/mol. The van der Waals surface area contributed by atoms with Gasteiger partial charge in [0, 0.05) is 39.6 Å². The molecule has 1 rings (SSSR count). The van der Waals surface area contributed by atoms with Gasteiger partial charge in [0.1, 0.15) is 0 Å². The van der Waals surface area contributed by atoms with Crippen LogP contribution in [0.4, 0.5) is 0 Å². The van der Waals surface area contributed by atoms with Crippen LogP contribution in [0, 0.1) is 5.92 Å². The van der Waals surface area contributed by atoms with E-state index in [9.17, 15) is 14.4 Å². The van der Waals surface area contributed by atoms with Gasteiger partial charge in [0.05, 0.1) is 6.54 Å². The Morgan fingerprint density at radius 2 is 1.80 bits per heavy atom. The first-order valence-corrected chi connectivity index (χ1v) is 7.16. The molecular formula is C14H25N3O3. The number of carbonyl (C=O) groups excluding carboxylic acids is 3.